The summed E-state index contributed by atoms with van der Waals surface area (Å²) in [4.78, 5) is 11.8. The summed E-state index contributed by atoms with van der Waals surface area (Å²) in [6, 6.07) is 14.6. The summed E-state index contributed by atoms with van der Waals surface area (Å²) in [5, 5.41) is 3.26. The summed E-state index contributed by atoms with van der Waals surface area (Å²) in [5.41, 5.74) is 6.98. The Morgan fingerprint density at radius 2 is 1.85 bits per heavy atom. The van der Waals surface area contributed by atoms with Crippen LogP contribution in [0.25, 0.3) is 32.2 Å². The number of nitrogens with one attached hydrogen (secondary N) is 1. The van der Waals surface area contributed by atoms with Crippen LogP contribution in [0.2, 0.25) is 0 Å². The monoisotopic (exact) mass is 371 g/mol. The van der Waals surface area contributed by atoms with Gasteiger partial charge in [-0.1, -0.05) is 12.1 Å². The van der Waals surface area contributed by atoms with Crippen molar-refractivity contribution in [2.45, 2.75) is 13.8 Å². The highest BCUT2D eigenvalue weighted by atomic mass is 32.1. The molecule has 27 heavy (non-hydrogen) atoms. The number of benzene rings is 2. The van der Waals surface area contributed by atoms with Gasteiger partial charge < -0.3 is 9.72 Å². The van der Waals surface area contributed by atoms with Crippen LogP contribution in [-0.4, -0.2) is 15.0 Å². The van der Waals surface area contributed by atoms with E-state index in [1.54, 1.807) is 17.7 Å². The molecule has 1 N–H and O–H groups in total. The Bertz CT molecular complexity index is 1290. The van der Waals surface area contributed by atoms with Crippen molar-refractivity contribution in [3.05, 3.63) is 71.5 Å². The molecule has 3 aromatic heterocycles. The average Bonchev–Trinajstić information content (AvgIpc) is 3.33. The fraction of sp³-hybridized carbons (Fsp3) is 0.0909. The Labute approximate surface area is 160 Å². The van der Waals surface area contributed by atoms with Gasteiger partial charge in [0.15, 0.2) is 0 Å². The maximum Gasteiger partial charge on any atom is 0.240 e. The number of nitrogens with zero attached hydrogens (tertiary/aromatic N) is 2. The summed E-state index contributed by atoms with van der Waals surface area (Å²) >= 11 is 1.59. The molecule has 0 radical (unpaired) electrons. The van der Waals surface area contributed by atoms with E-state index < -0.39 is 0 Å². The van der Waals surface area contributed by atoms with Crippen LogP contribution >= 0.6 is 11.3 Å². The second-order valence-corrected chi connectivity index (χ2v) is 7.49. The van der Waals surface area contributed by atoms with E-state index in [4.69, 9.17) is 4.74 Å². The van der Waals surface area contributed by atoms with Crippen LogP contribution in [0.15, 0.2) is 60.4 Å². The molecule has 0 aliphatic heterocycles. The van der Waals surface area contributed by atoms with Gasteiger partial charge in [-0.25, -0.2) is 9.97 Å². The molecule has 2 aromatic carbocycles. The molecule has 4 nitrogen and oxygen atoms in total. The highest BCUT2D eigenvalue weighted by molar-refractivity contribution is 7.17. The first-order valence-corrected chi connectivity index (χ1v) is 9.62. The molecule has 0 atom stereocenters. The van der Waals surface area contributed by atoms with Crippen molar-refractivity contribution in [3.63, 3.8) is 0 Å². The van der Waals surface area contributed by atoms with E-state index in [9.17, 15) is 0 Å². The number of fused-ring (bicyclic) bond motifs is 2. The van der Waals surface area contributed by atoms with Crippen molar-refractivity contribution in [2.75, 3.05) is 0 Å². The first-order chi connectivity index (χ1) is 13.2. The molecule has 0 spiro atoms. The Balaban J connectivity index is 1.53. The predicted molar refractivity (Wildman–Crippen MR) is 111 cm³/mol. The van der Waals surface area contributed by atoms with Crippen molar-refractivity contribution in [1.82, 2.24) is 15.0 Å². The number of hydrogen-bond acceptors (Lipinski definition) is 4. The van der Waals surface area contributed by atoms with Crippen molar-refractivity contribution in [1.29, 1.82) is 0 Å². The maximum absolute atomic E-state index is 6.06. The number of ether oxygens (including phenoxy) is 1. The molecule has 5 aromatic rings. The van der Waals surface area contributed by atoms with E-state index in [0.717, 1.165) is 21.5 Å². The minimum Gasteiger partial charge on any atom is -0.437 e. The second kappa shape index (κ2) is 6.21. The Morgan fingerprint density at radius 3 is 2.74 bits per heavy atom. The average molecular weight is 371 g/mol. The number of hydrogen-bond donors (Lipinski definition) is 1. The largest absolute Gasteiger partial charge is 0.437 e. The van der Waals surface area contributed by atoms with Crippen LogP contribution in [-0.2, 0) is 0 Å². The van der Waals surface area contributed by atoms with Gasteiger partial charge in [0, 0.05) is 17.1 Å². The Morgan fingerprint density at radius 1 is 0.963 bits per heavy atom. The molecule has 0 fully saturated rings. The Kier molecular flexibility index (Phi) is 3.69. The van der Waals surface area contributed by atoms with Crippen LogP contribution in [0.5, 0.6) is 11.6 Å². The third kappa shape index (κ3) is 2.67. The molecule has 132 valence electrons. The van der Waals surface area contributed by atoms with Gasteiger partial charge in [0.25, 0.3) is 0 Å². The highest BCUT2D eigenvalue weighted by Gasteiger charge is 2.12. The summed E-state index contributed by atoms with van der Waals surface area (Å²) in [6.45, 7) is 4.29. The normalized spacial score (nSPS) is 11.3. The fourth-order valence-corrected chi connectivity index (χ4v) is 4.30. The summed E-state index contributed by atoms with van der Waals surface area (Å²) in [6.07, 6.45) is 3.53. The first kappa shape index (κ1) is 16.0. The number of aromatic amines is 1. The summed E-state index contributed by atoms with van der Waals surface area (Å²) in [7, 11) is 0. The lowest BCUT2D eigenvalue weighted by Gasteiger charge is -2.13. The molecule has 0 saturated heterocycles. The molecule has 3 heterocycles. The van der Waals surface area contributed by atoms with Gasteiger partial charge in [0.2, 0.25) is 5.88 Å². The number of thiophene rings is 1. The van der Waals surface area contributed by atoms with Crippen LogP contribution in [0.3, 0.4) is 0 Å². The predicted octanol–water partition coefficient (Wildman–Crippen LogP) is 6.25. The zero-order chi connectivity index (χ0) is 18.4. The SMILES string of the molecule is Cc1cc(Oc2ncnc3ccsc23)ccc1-c1ccc2[nH]ccc2c1C. The molecule has 5 heteroatoms. The van der Waals surface area contributed by atoms with E-state index in [1.807, 2.05) is 23.7 Å². The number of rotatable bonds is 3. The lowest BCUT2D eigenvalue weighted by Crippen LogP contribution is -1.92. The first-order valence-electron chi connectivity index (χ1n) is 8.74. The molecule has 0 saturated carbocycles. The fourth-order valence-electron chi connectivity index (χ4n) is 3.53. The minimum absolute atomic E-state index is 0.604. The van der Waals surface area contributed by atoms with Gasteiger partial charge in [-0.15, -0.1) is 11.3 Å². The zero-order valence-electron chi connectivity index (χ0n) is 15.0. The van der Waals surface area contributed by atoms with E-state index in [2.05, 4.69) is 59.1 Å². The Hall–Kier alpha value is -3.18. The van der Waals surface area contributed by atoms with E-state index in [0.29, 0.717) is 5.88 Å². The van der Waals surface area contributed by atoms with Gasteiger partial charge in [0.1, 0.15) is 16.8 Å². The third-order valence-corrected chi connectivity index (χ3v) is 5.81. The van der Waals surface area contributed by atoms with Crippen molar-refractivity contribution in [3.8, 4) is 22.8 Å². The number of aryl methyl sites for hydroxylation is 2. The van der Waals surface area contributed by atoms with Crippen LogP contribution in [0, 0.1) is 13.8 Å². The van der Waals surface area contributed by atoms with Crippen LogP contribution < -0.4 is 4.74 Å². The van der Waals surface area contributed by atoms with Crippen LogP contribution in [0.1, 0.15) is 11.1 Å². The van der Waals surface area contributed by atoms with E-state index >= 15 is 0 Å². The topological polar surface area (TPSA) is 50.8 Å². The van der Waals surface area contributed by atoms with E-state index in [1.165, 1.54) is 27.6 Å². The second-order valence-electron chi connectivity index (χ2n) is 6.57. The molecule has 0 unspecified atom stereocenters. The highest BCUT2D eigenvalue weighted by Crippen LogP contribution is 2.35. The van der Waals surface area contributed by atoms with E-state index in [-0.39, 0.29) is 0 Å². The molecule has 5 rings (SSSR count). The van der Waals surface area contributed by atoms with Gasteiger partial charge in [-0.3, -0.25) is 0 Å². The molecular formula is C22H17N3OS. The molecular weight excluding hydrogens is 354 g/mol. The third-order valence-electron chi connectivity index (χ3n) is 4.92. The number of H-pyrrole nitrogens is 1. The number of aromatic nitrogens is 3. The summed E-state index contributed by atoms with van der Waals surface area (Å²) < 4.78 is 7.03. The van der Waals surface area contributed by atoms with Crippen LogP contribution in [0.4, 0.5) is 0 Å². The molecule has 0 bridgehead atoms. The molecule has 0 aliphatic rings. The summed E-state index contributed by atoms with van der Waals surface area (Å²) in [5.74, 6) is 1.39. The van der Waals surface area contributed by atoms with Crippen molar-refractivity contribution in [2.24, 2.45) is 0 Å². The standard InChI is InChI=1S/C22H17N3OS/c1-13-11-15(26-22-21-20(8-10-27-21)24-12-25-22)3-4-16(13)17-5-6-19-18(14(17)2)7-9-23-19/h3-12,23H,1-2H3. The van der Waals surface area contributed by atoms with Crippen molar-refractivity contribution < 1.29 is 4.74 Å². The van der Waals surface area contributed by atoms with Gasteiger partial charge in [-0.2, -0.15) is 0 Å². The van der Waals surface area contributed by atoms with Gasteiger partial charge in [0.05, 0.1) is 5.52 Å². The smallest absolute Gasteiger partial charge is 0.240 e. The van der Waals surface area contributed by atoms with Gasteiger partial charge in [-0.05, 0) is 71.8 Å². The quantitative estimate of drug-likeness (QED) is 0.408. The van der Waals surface area contributed by atoms with Crippen molar-refractivity contribution >= 4 is 32.5 Å². The maximum atomic E-state index is 6.06. The van der Waals surface area contributed by atoms with Gasteiger partial charge >= 0.3 is 0 Å². The lowest BCUT2D eigenvalue weighted by atomic mass is 9.94. The lowest BCUT2D eigenvalue weighted by molar-refractivity contribution is 0.469. The molecule has 0 aliphatic carbocycles. The minimum atomic E-state index is 0.604. The molecule has 0 amide bonds. The zero-order valence-corrected chi connectivity index (χ0v) is 15.8.